The lowest BCUT2D eigenvalue weighted by Crippen LogP contribution is -2.41. The number of ether oxygens (including phenoxy) is 1. The van der Waals surface area contributed by atoms with Crippen molar-refractivity contribution in [3.05, 3.63) is 29.6 Å². The minimum atomic E-state index is -1.09. The van der Waals surface area contributed by atoms with Gasteiger partial charge in [-0.05, 0) is 52.2 Å². The molecule has 0 atom stereocenters. The highest BCUT2D eigenvalue weighted by molar-refractivity contribution is 6.62. The first-order chi connectivity index (χ1) is 10.6. The van der Waals surface area contributed by atoms with Gasteiger partial charge in [0.25, 0.3) is 5.78 Å². The maximum Gasteiger partial charge on any atom is 0.494 e. The lowest BCUT2D eigenvalue weighted by atomic mass is 9.78. The molecule has 7 heteroatoms. The molecule has 1 aromatic rings. The third-order valence-corrected chi connectivity index (χ3v) is 4.22. The largest absolute Gasteiger partial charge is 0.494 e. The van der Waals surface area contributed by atoms with Crippen LogP contribution in [0, 0.1) is 5.82 Å². The molecule has 23 heavy (non-hydrogen) atoms. The predicted octanol–water partition coefficient (Wildman–Crippen LogP) is 1.87. The summed E-state index contributed by atoms with van der Waals surface area (Å²) >= 11 is 0. The van der Waals surface area contributed by atoms with E-state index in [1.165, 1.54) is 12.1 Å². The maximum atomic E-state index is 13.9. The van der Waals surface area contributed by atoms with Crippen LogP contribution in [0.3, 0.4) is 0 Å². The SMILES string of the molecule is CCOC(=O)C(=O)c1cc(B2OC(C)(C)C(C)(C)O2)ccc1F. The third kappa shape index (κ3) is 3.30. The molecular weight excluding hydrogens is 302 g/mol. The standard InChI is InChI=1S/C16H20BFO5/c1-6-21-14(20)13(19)11-9-10(7-8-12(11)18)17-22-15(2,3)16(4,5)23-17/h7-9H,6H2,1-5H3. The van der Waals surface area contributed by atoms with E-state index in [1.54, 1.807) is 6.92 Å². The van der Waals surface area contributed by atoms with E-state index in [2.05, 4.69) is 4.74 Å². The van der Waals surface area contributed by atoms with Gasteiger partial charge in [0.1, 0.15) is 5.82 Å². The van der Waals surface area contributed by atoms with Gasteiger partial charge in [-0.2, -0.15) is 0 Å². The van der Waals surface area contributed by atoms with Crippen LogP contribution in [0.25, 0.3) is 0 Å². The van der Waals surface area contributed by atoms with Crippen LogP contribution >= 0.6 is 0 Å². The number of rotatable bonds is 4. The number of carbonyl (C=O) groups is 2. The molecule has 0 bridgehead atoms. The summed E-state index contributed by atoms with van der Waals surface area (Å²) in [4.78, 5) is 23.5. The second-order valence-corrected chi connectivity index (χ2v) is 6.38. The molecule has 0 radical (unpaired) electrons. The van der Waals surface area contributed by atoms with E-state index < -0.39 is 35.9 Å². The fourth-order valence-corrected chi connectivity index (χ4v) is 2.15. The molecule has 124 valence electrons. The van der Waals surface area contributed by atoms with Crippen molar-refractivity contribution in [3.8, 4) is 0 Å². The smallest absolute Gasteiger partial charge is 0.460 e. The van der Waals surface area contributed by atoms with Gasteiger partial charge in [0.15, 0.2) is 0 Å². The van der Waals surface area contributed by atoms with Crippen molar-refractivity contribution in [1.29, 1.82) is 0 Å². The molecule has 0 saturated carbocycles. The van der Waals surface area contributed by atoms with Crippen LogP contribution in [0.4, 0.5) is 4.39 Å². The lowest BCUT2D eigenvalue weighted by molar-refractivity contribution is -0.137. The summed E-state index contributed by atoms with van der Waals surface area (Å²) in [7, 11) is -0.741. The predicted molar refractivity (Wildman–Crippen MR) is 83.1 cm³/mol. The highest BCUT2D eigenvalue weighted by Crippen LogP contribution is 2.36. The Kier molecular flexibility index (Phi) is 4.64. The van der Waals surface area contributed by atoms with Crippen molar-refractivity contribution < 1.29 is 28.0 Å². The maximum absolute atomic E-state index is 13.9. The molecule has 2 rings (SSSR count). The summed E-state index contributed by atoms with van der Waals surface area (Å²) in [5, 5.41) is 0. The van der Waals surface area contributed by atoms with Crippen LogP contribution in [0.2, 0.25) is 0 Å². The topological polar surface area (TPSA) is 61.8 Å². The molecule has 5 nitrogen and oxygen atoms in total. The number of esters is 1. The monoisotopic (exact) mass is 322 g/mol. The van der Waals surface area contributed by atoms with Crippen molar-refractivity contribution in [2.24, 2.45) is 0 Å². The van der Waals surface area contributed by atoms with E-state index in [-0.39, 0.29) is 12.2 Å². The highest BCUT2D eigenvalue weighted by atomic mass is 19.1. The number of hydrogen-bond donors (Lipinski definition) is 0. The van der Waals surface area contributed by atoms with Crippen LogP contribution in [0.1, 0.15) is 45.0 Å². The summed E-state index contributed by atoms with van der Waals surface area (Å²) in [5.41, 5.74) is -0.997. The Labute approximate surface area is 135 Å². The molecule has 1 aliphatic heterocycles. The Morgan fingerprint density at radius 1 is 1.17 bits per heavy atom. The zero-order chi connectivity index (χ0) is 17.4. The second-order valence-electron chi connectivity index (χ2n) is 6.38. The fraction of sp³-hybridized carbons (Fsp3) is 0.500. The van der Waals surface area contributed by atoms with Crippen LogP contribution < -0.4 is 5.46 Å². The van der Waals surface area contributed by atoms with E-state index in [9.17, 15) is 14.0 Å². The molecule has 1 aliphatic rings. The van der Waals surface area contributed by atoms with E-state index in [1.807, 2.05) is 27.7 Å². The number of benzene rings is 1. The Morgan fingerprint density at radius 2 is 1.74 bits per heavy atom. The molecule has 0 spiro atoms. The van der Waals surface area contributed by atoms with Gasteiger partial charge in [0, 0.05) is 0 Å². The summed E-state index contributed by atoms with van der Waals surface area (Å²) in [5.74, 6) is -2.90. The normalized spacial score (nSPS) is 18.8. The number of Topliss-reactive ketones (excluding diaryl/α,β-unsaturated/α-hetero) is 1. The third-order valence-electron chi connectivity index (χ3n) is 4.22. The quantitative estimate of drug-likeness (QED) is 0.366. The second kappa shape index (κ2) is 6.05. The van der Waals surface area contributed by atoms with E-state index in [0.29, 0.717) is 5.46 Å². The molecule has 0 amide bonds. The zero-order valence-electron chi connectivity index (χ0n) is 13.9. The Hall–Kier alpha value is -1.73. The van der Waals surface area contributed by atoms with Crippen molar-refractivity contribution in [2.75, 3.05) is 6.61 Å². The minimum Gasteiger partial charge on any atom is -0.460 e. The average molecular weight is 322 g/mol. The van der Waals surface area contributed by atoms with Crippen LogP contribution in [0.15, 0.2) is 18.2 Å². The molecule has 1 aromatic carbocycles. The first kappa shape index (κ1) is 17.6. The average Bonchev–Trinajstić information content (AvgIpc) is 2.67. The molecule has 1 fully saturated rings. The van der Waals surface area contributed by atoms with Gasteiger partial charge in [-0.15, -0.1) is 0 Å². The summed E-state index contributed by atoms with van der Waals surface area (Å²) in [6.07, 6.45) is 0. The molecule has 0 aromatic heterocycles. The first-order valence-electron chi connectivity index (χ1n) is 7.45. The Balaban J connectivity index is 2.32. The lowest BCUT2D eigenvalue weighted by Gasteiger charge is -2.32. The molecule has 0 unspecified atom stereocenters. The Morgan fingerprint density at radius 3 is 2.26 bits per heavy atom. The summed E-state index contributed by atoms with van der Waals surface area (Å²) < 4.78 is 30.2. The van der Waals surface area contributed by atoms with Gasteiger partial charge >= 0.3 is 13.1 Å². The van der Waals surface area contributed by atoms with E-state index >= 15 is 0 Å². The van der Waals surface area contributed by atoms with Crippen molar-refractivity contribution in [3.63, 3.8) is 0 Å². The number of halogens is 1. The fourth-order valence-electron chi connectivity index (χ4n) is 2.15. The number of hydrogen-bond acceptors (Lipinski definition) is 5. The highest BCUT2D eigenvalue weighted by Gasteiger charge is 2.51. The molecule has 0 N–H and O–H groups in total. The van der Waals surface area contributed by atoms with Crippen LogP contribution in [-0.2, 0) is 18.8 Å². The van der Waals surface area contributed by atoms with Crippen LogP contribution in [0.5, 0.6) is 0 Å². The van der Waals surface area contributed by atoms with Crippen molar-refractivity contribution >= 4 is 24.3 Å². The van der Waals surface area contributed by atoms with E-state index in [4.69, 9.17) is 9.31 Å². The summed E-state index contributed by atoms with van der Waals surface area (Å²) in [6, 6.07) is 3.86. The van der Waals surface area contributed by atoms with Gasteiger partial charge in [-0.3, -0.25) is 4.79 Å². The zero-order valence-corrected chi connectivity index (χ0v) is 13.9. The minimum absolute atomic E-state index is 0.0448. The van der Waals surface area contributed by atoms with Crippen LogP contribution in [-0.4, -0.2) is 36.7 Å². The van der Waals surface area contributed by atoms with Gasteiger partial charge in [-0.1, -0.05) is 6.07 Å². The van der Waals surface area contributed by atoms with E-state index in [0.717, 1.165) is 6.07 Å². The number of carbonyl (C=O) groups excluding carboxylic acids is 2. The number of ketones is 1. The van der Waals surface area contributed by atoms with Gasteiger partial charge in [-0.25, -0.2) is 9.18 Å². The molecule has 1 saturated heterocycles. The summed E-state index contributed by atoms with van der Waals surface area (Å²) in [6.45, 7) is 9.18. The molecule has 1 heterocycles. The Bertz CT molecular complexity index is 625. The van der Waals surface area contributed by atoms with Crippen molar-refractivity contribution in [1.82, 2.24) is 0 Å². The van der Waals surface area contributed by atoms with Gasteiger partial charge in [0.05, 0.1) is 23.4 Å². The molecular formula is C16H20BFO5. The first-order valence-corrected chi connectivity index (χ1v) is 7.45. The molecule has 0 aliphatic carbocycles. The van der Waals surface area contributed by atoms with Gasteiger partial charge < -0.3 is 14.0 Å². The van der Waals surface area contributed by atoms with Gasteiger partial charge in [0.2, 0.25) is 0 Å². The van der Waals surface area contributed by atoms with Crippen molar-refractivity contribution in [2.45, 2.75) is 45.8 Å².